The van der Waals surface area contributed by atoms with Gasteiger partial charge < -0.3 is 33.5 Å². The SMILES string of the molecule is CC1(C)c2ccccc2N(CC(=O)N2CCOCCOCCOCCOCC2)C12C=Cc1cc([N+](=O)[O-])ccc1O2. The first-order chi connectivity index (χ1) is 19.8. The van der Waals surface area contributed by atoms with E-state index in [1.54, 1.807) is 11.0 Å². The highest BCUT2D eigenvalue weighted by Gasteiger charge is 2.59. The summed E-state index contributed by atoms with van der Waals surface area (Å²) >= 11 is 0. The maximum atomic E-state index is 13.9. The number of fused-ring (bicyclic) bond motifs is 2. The predicted octanol–water partition coefficient (Wildman–Crippen LogP) is 3.40. The van der Waals surface area contributed by atoms with Crippen LogP contribution in [0.3, 0.4) is 0 Å². The molecular weight excluding hydrogens is 530 g/mol. The normalized spacial score (nSPS) is 23.2. The minimum absolute atomic E-state index is 0.00577. The van der Waals surface area contributed by atoms with Crippen molar-refractivity contribution in [3.8, 4) is 5.75 Å². The molecule has 1 fully saturated rings. The molecule has 1 amide bonds. The summed E-state index contributed by atoms with van der Waals surface area (Å²) < 4.78 is 29.2. The Morgan fingerprint density at radius 2 is 1.51 bits per heavy atom. The fourth-order valence-electron chi connectivity index (χ4n) is 5.62. The van der Waals surface area contributed by atoms with Crippen molar-refractivity contribution in [3.63, 3.8) is 0 Å². The number of anilines is 1. The van der Waals surface area contributed by atoms with Crippen LogP contribution in [-0.2, 0) is 29.2 Å². The highest BCUT2D eigenvalue weighted by Crippen LogP contribution is 2.54. The number of carbonyl (C=O) groups excluding carboxylic acids is 1. The summed E-state index contributed by atoms with van der Waals surface area (Å²) in [6, 6.07) is 12.6. The molecular formula is C30H37N3O8. The van der Waals surface area contributed by atoms with Crippen molar-refractivity contribution in [3.05, 3.63) is 69.8 Å². The zero-order valence-electron chi connectivity index (χ0n) is 23.6. The lowest BCUT2D eigenvalue weighted by molar-refractivity contribution is -0.384. The number of benzene rings is 2. The zero-order valence-corrected chi connectivity index (χ0v) is 23.6. The zero-order chi connectivity index (χ0) is 28.9. The minimum atomic E-state index is -1.03. The van der Waals surface area contributed by atoms with E-state index >= 15 is 0 Å². The smallest absolute Gasteiger partial charge is 0.270 e. The minimum Gasteiger partial charge on any atom is -0.463 e. The number of nitrogens with zero attached hydrogens (tertiary/aromatic N) is 3. The molecule has 2 aromatic carbocycles. The first-order valence-electron chi connectivity index (χ1n) is 14.0. The Bertz CT molecular complexity index is 1270. The van der Waals surface area contributed by atoms with E-state index < -0.39 is 16.1 Å². The van der Waals surface area contributed by atoms with Crippen molar-refractivity contribution in [1.29, 1.82) is 0 Å². The van der Waals surface area contributed by atoms with E-state index in [0.29, 0.717) is 77.3 Å². The van der Waals surface area contributed by atoms with Gasteiger partial charge in [0.2, 0.25) is 11.6 Å². The van der Waals surface area contributed by atoms with Gasteiger partial charge in [0.05, 0.1) is 63.2 Å². The van der Waals surface area contributed by atoms with Crippen LogP contribution in [-0.4, -0.2) is 93.9 Å². The molecule has 2 aromatic rings. The van der Waals surface area contributed by atoms with Crippen LogP contribution in [0.4, 0.5) is 11.4 Å². The van der Waals surface area contributed by atoms with E-state index in [4.69, 9.17) is 23.7 Å². The first-order valence-corrected chi connectivity index (χ1v) is 14.0. The van der Waals surface area contributed by atoms with E-state index in [2.05, 4.69) is 19.9 Å². The molecule has 5 rings (SSSR count). The molecule has 3 aliphatic rings. The Morgan fingerprint density at radius 1 is 0.902 bits per heavy atom. The van der Waals surface area contributed by atoms with Crippen LogP contribution < -0.4 is 9.64 Å². The van der Waals surface area contributed by atoms with Crippen LogP contribution in [0.15, 0.2) is 48.5 Å². The van der Waals surface area contributed by atoms with E-state index in [-0.39, 0.29) is 18.1 Å². The lowest BCUT2D eigenvalue weighted by atomic mass is 9.76. The largest absolute Gasteiger partial charge is 0.463 e. The average Bonchev–Trinajstić information content (AvgIpc) is 3.13. The molecule has 3 aliphatic heterocycles. The Balaban J connectivity index is 1.40. The fourth-order valence-corrected chi connectivity index (χ4v) is 5.62. The van der Waals surface area contributed by atoms with Crippen LogP contribution in [0.2, 0.25) is 0 Å². The van der Waals surface area contributed by atoms with Gasteiger partial charge in [-0.1, -0.05) is 18.2 Å². The number of nitro groups is 1. The van der Waals surface area contributed by atoms with E-state index in [1.807, 2.05) is 35.3 Å². The topological polar surface area (TPSA) is 113 Å². The summed E-state index contributed by atoms with van der Waals surface area (Å²) in [7, 11) is 0. The number of non-ortho nitro benzene ring substituents is 1. The summed E-state index contributed by atoms with van der Waals surface area (Å²) in [4.78, 5) is 28.6. The third-order valence-corrected chi connectivity index (χ3v) is 7.90. The summed E-state index contributed by atoms with van der Waals surface area (Å²) in [6.07, 6.45) is 3.78. The standard InChI is InChI=1S/C30H37N3O8/c1-29(2)25-5-3-4-6-26(25)32(30(29)10-9-23-21-24(33(35)36)7-8-27(23)41-30)22-28(34)31-11-13-37-15-17-39-19-20-40-18-16-38-14-12-31/h3-10,21H,11-20,22H2,1-2H3. The molecule has 11 heteroatoms. The first kappa shape index (κ1) is 29.0. The lowest BCUT2D eigenvalue weighted by Crippen LogP contribution is -2.61. The number of hydrogen-bond acceptors (Lipinski definition) is 9. The van der Waals surface area contributed by atoms with Gasteiger partial charge in [0.1, 0.15) is 12.3 Å². The lowest BCUT2D eigenvalue weighted by Gasteiger charge is -2.47. The van der Waals surface area contributed by atoms with Gasteiger partial charge in [-0.05, 0) is 43.7 Å². The molecule has 0 aliphatic carbocycles. The molecule has 3 heterocycles. The quantitative estimate of drug-likeness (QED) is 0.407. The van der Waals surface area contributed by atoms with Gasteiger partial charge in [0.25, 0.3) is 5.69 Å². The van der Waals surface area contributed by atoms with Gasteiger partial charge in [-0.2, -0.15) is 0 Å². The molecule has 11 nitrogen and oxygen atoms in total. The fraction of sp³-hybridized carbons (Fsp3) is 0.500. The Kier molecular flexibility index (Phi) is 8.88. The van der Waals surface area contributed by atoms with Crippen molar-refractivity contribution in [2.24, 2.45) is 0 Å². The third-order valence-electron chi connectivity index (χ3n) is 7.90. The number of carbonyl (C=O) groups is 1. The van der Waals surface area contributed by atoms with E-state index in [9.17, 15) is 14.9 Å². The number of ether oxygens (including phenoxy) is 5. The summed E-state index contributed by atoms with van der Waals surface area (Å²) in [5.41, 5.74) is 0.985. The highest BCUT2D eigenvalue weighted by molar-refractivity contribution is 5.85. The van der Waals surface area contributed by atoms with Gasteiger partial charge in [-0.15, -0.1) is 0 Å². The summed E-state index contributed by atoms with van der Waals surface area (Å²) in [6.45, 7) is 8.61. The molecule has 1 saturated heterocycles. The van der Waals surface area contributed by atoms with Crippen LogP contribution in [0.25, 0.3) is 6.08 Å². The molecule has 1 unspecified atom stereocenters. The molecule has 0 bridgehead atoms. The third kappa shape index (κ3) is 5.94. The number of para-hydroxylation sites is 1. The second kappa shape index (κ2) is 12.6. The summed E-state index contributed by atoms with van der Waals surface area (Å²) in [5, 5.41) is 11.3. The number of nitro benzene ring substituents is 1. The van der Waals surface area contributed by atoms with Gasteiger partial charge in [-0.3, -0.25) is 14.9 Å². The second-order valence-electron chi connectivity index (χ2n) is 10.7. The Hall–Kier alpha value is -3.51. The van der Waals surface area contributed by atoms with E-state index in [0.717, 1.165) is 11.3 Å². The highest BCUT2D eigenvalue weighted by atomic mass is 16.6. The van der Waals surface area contributed by atoms with Gasteiger partial charge in [-0.25, -0.2) is 0 Å². The van der Waals surface area contributed by atoms with Crippen molar-refractivity contribution in [2.75, 3.05) is 77.4 Å². The van der Waals surface area contributed by atoms with Gasteiger partial charge in [0.15, 0.2) is 0 Å². The van der Waals surface area contributed by atoms with Crippen LogP contribution >= 0.6 is 0 Å². The van der Waals surface area contributed by atoms with Crippen LogP contribution in [0, 0.1) is 10.1 Å². The molecule has 41 heavy (non-hydrogen) atoms. The van der Waals surface area contributed by atoms with Crippen molar-refractivity contribution in [1.82, 2.24) is 4.90 Å². The molecule has 1 atom stereocenters. The molecule has 0 N–H and O–H groups in total. The number of hydrogen-bond donors (Lipinski definition) is 0. The average molecular weight is 568 g/mol. The second-order valence-corrected chi connectivity index (χ2v) is 10.7. The van der Waals surface area contributed by atoms with Gasteiger partial charge >= 0.3 is 0 Å². The Morgan fingerprint density at radius 3 is 2.15 bits per heavy atom. The number of amides is 1. The molecule has 0 saturated carbocycles. The van der Waals surface area contributed by atoms with Crippen molar-refractivity contribution >= 4 is 23.4 Å². The maximum absolute atomic E-state index is 13.9. The molecule has 0 aromatic heterocycles. The van der Waals surface area contributed by atoms with Gasteiger partial charge in [0, 0.05) is 36.5 Å². The molecule has 1 spiro atoms. The molecule has 0 radical (unpaired) electrons. The van der Waals surface area contributed by atoms with Crippen molar-refractivity contribution in [2.45, 2.75) is 25.0 Å². The van der Waals surface area contributed by atoms with Crippen molar-refractivity contribution < 1.29 is 33.4 Å². The number of rotatable bonds is 3. The van der Waals surface area contributed by atoms with E-state index in [1.165, 1.54) is 12.1 Å². The summed E-state index contributed by atoms with van der Waals surface area (Å²) in [5.74, 6) is 0.435. The maximum Gasteiger partial charge on any atom is 0.270 e. The Labute approximate surface area is 239 Å². The predicted molar refractivity (Wildman–Crippen MR) is 152 cm³/mol. The molecule has 220 valence electrons. The van der Waals surface area contributed by atoms with Crippen LogP contribution in [0.1, 0.15) is 25.0 Å². The van der Waals surface area contributed by atoms with Crippen LogP contribution in [0.5, 0.6) is 5.75 Å². The monoisotopic (exact) mass is 567 g/mol.